The summed E-state index contributed by atoms with van der Waals surface area (Å²) in [4.78, 5) is 32.9. The van der Waals surface area contributed by atoms with E-state index in [4.69, 9.17) is 24.5 Å². The summed E-state index contributed by atoms with van der Waals surface area (Å²) in [6.45, 7) is 4.41. The van der Waals surface area contributed by atoms with Gasteiger partial charge < -0.3 is 20.3 Å². The normalized spacial score (nSPS) is 14.1. The van der Waals surface area contributed by atoms with Crippen molar-refractivity contribution in [3.8, 4) is 5.75 Å². The fourth-order valence-electron chi connectivity index (χ4n) is 3.61. The molecule has 0 aromatic heterocycles. The molecule has 2 aromatic rings. The van der Waals surface area contributed by atoms with E-state index in [0.29, 0.717) is 18.2 Å². The summed E-state index contributed by atoms with van der Waals surface area (Å²) in [7, 11) is 1.62. The number of carboxylic acids is 2. The molecule has 1 aliphatic rings. The fourth-order valence-corrected chi connectivity index (χ4v) is 3.61. The number of hydrogen-bond donors (Lipinski definition) is 3. The third-order valence-corrected chi connectivity index (χ3v) is 5.25. The topological polar surface area (TPSA) is 116 Å². The van der Waals surface area contributed by atoms with Crippen LogP contribution in [0.15, 0.2) is 48.5 Å². The summed E-state index contributed by atoms with van der Waals surface area (Å²) in [5.74, 6) is -2.21. The van der Waals surface area contributed by atoms with E-state index in [9.17, 15) is 4.79 Å². The summed E-state index contributed by atoms with van der Waals surface area (Å²) < 4.78 is 5.33. The number of anilines is 1. The zero-order valence-electron chi connectivity index (χ0n) is 18.4. The number of carbonyl (C=O) groups excluding carboxylic acids is 1. The molecule has 0 spiro atoms. The molecule has 8 nitrogen and oxygen atoms in total. The smallest absolute Gasteiger partial charge is 0.414 e. The Morgan fingerprint density at radius 1 is 1.03 bits per heavy atom. The lowest BCUT2D eigenvalue weighted by Crippen LogP contribution is -2.39. The van der Waals surface area contributed by atoms with Gasteiger partial charge in [0.15, 0.2) is 0 Å². The first-order valence-electron chi connectivity index (χ1n) is 10.5. The van der Waals surface area contributed by atoms with Crippen LogP contribution in [0.4, 0.5) is 5.69 Å². The predicted octanol–water partition coefficient (Wildman–Crippen LogP) is 3.05. The first-order valence-corrected chi connectivity index (χ1v) is 10.5. The van der Waals surface area contributed by atoms with Gasteiger partial charge in [-0.3, -0.25) is 9.69 Å². The number of aryl methyl sites for hydroxylation is 1. The van der Waals surface area contributed by atoms with Gasteiger partial charge in [-0.2, -0.15) is 0 Å². The Hall–Kier alpha value is -3.39. The van der Waals surface area contributed by atoms with E-state index in [1.54, 1.807) is 7.11 Å². The Balaban J connectivity index is 0.000000534. The molecule has 1 saturated heterocycles. The second-order valence-corrected chi connectivity index (χ2v) is 7.77. The molecule has 3 N–H and O–H groups in total. The van der Waals surface area contributed by atoms with Gasteiger partial charge in [0.2, 0.25) is 5.91 Å². The Labute approximate surface area is 187 Å². The third kappa shape index (κ3) is 8.39. The van der Waals surface area contributed by atoms with Gasteiger partial charge in [-0.15, -0.1) is 0 Å². The van der Waals surface area contributed by atoms with E-state index in [-0.39, 0.29) is 5.91 Å². The van der Waals surface area contributed by atoms with Crippen molar-refractivity contribution in [1.29, 1.82) is 0 Å². The number of piperidine rings is 1. The summed E-state index contributed by atoms with van der Waals surface area (Å²) in [6, 6.07) is 16.5. The lowest BCUT2D eigenvalue weighted by molar-refractivity contribution is -0.159. The van der Waals surface area contributed by atoms with E-state index >= 15 is 0 Å². The third-order valence-electron chi connectivity index (χ3n) is 5.25. The second kappa shape index (κ2) is 12.5. The van der Waals surface area contributed by atoms with Crippen LogP contribution in [0, 0.1) is 12.8 Å². The number of likely N-dealkylation sites (tertiary alicyclic amines) is 1. The van der Waals surface area contributed by atoms with Gasteiger partial charge >= 0.3 is 11.9 Å². The van der Waals surface area contributed by atoms with Gasteiger partial charge in [0.1, 0.15) is 5.75 Å². The maximum atomic E-state index is 12.4. The number of benzene rings is 2. The van der Waals surface area contributed by atoms with Gasteiger partial charge in [0, 0.05) is 0 Å². The van der Waals surface area contributed by atoms with Crippen LogP contribution in [0.1, 0.15) is 24.0 Å². The van der Waals surface area contributed by atoms with Gasteiger partial charge in [-0.25, -0.2) is 9.59 Å². The number of amides is 1. The number of ether oxygens (including phenoxy) is 1. The Morgan fingerprint density at radius 2 is 1.66 bits per heavy atom. The molecular formula is C24H30N2O6. The molecule has 1 fully saturated rings. The van der Waals surface area contributed by atoms with Gasteiger partial charge in [0.25, 0.3) is 0 Å². The molecule has 1 aliphatic heterocycles. The number of rotatable bonds is 6. The minimum atomic E-state index is -1.82. The van der Waals surface area contributed by atoms with Crippen LogP contribution in [0.5, 0.6) is 5.75 Å². The molecule has 0 aliphatic carbocycles. The molecule has 0 bridgehead atoms. The lowest BCUT2D eigenvalue weighted by atomic mass is 9.90. The maximum absolute atomic E-state index is 12.4. The Kier molecular flexibility index (Phi) is 9.69. The molecule has 0 radical (unpaired) electrons. The highest BCUT2D eigenvalue weighted by Crippen LogP contribution is 2.25. The summed E-state index contributed by atoms with van der Waals surface area (Å²) in [6.07, 6.45) is 3.44. The first kappa shape index (κ1) is 24.9. The van der Waals surface area contributed by atoms with Crippen molar-refractivity contribution in [1.82, 2.24) is 4.90 Å². The van der Waals surface area contributed by atoms with Crippen molar-refractivity contribution in [3.05, 3.63) is 59.7 Å². The zero-order valence-corrected chi connectivity index (χ0v) is 18.4. The molecule has 3 rings (SSSR count). The van der Waals surface area contributed by atoms with Crippen molar-refractivity contribution < 1.29 is 29.3 Å². The number of methoxy groups -OCH3 is 1. The van der Waals surface area contributed by atoms with Gasteiger partial charge in [-0.05, 0) is 68.5 Å². The van der Waals surface area contributed by atoms with Crippen LogP contribution in [0.25, 0.3) is 0 Å². The van der Waals surface area contributed by atoms with Crippen LogP contribution in [-0.2, 0) is 20.8 Å². The van der Waals surface area contributed by atoms with Crippen LogP contribution >= 0.6 is 0 Å². The Bertz CT molecular complexity index is 896. The zero-order chi connectivity index (χ0) is 23.5. The van der Waals surface area contributed by atoms with Crippen LogP contribution in [-0.4, -0.2) is 59.7 Å². The minimum Gasteiger partial charge on any atom is -0.495 e. The summed E-state index contributed by atoms with van der Waals surface area (Å²) in [5.41, 5.74) is 3.26. The highest BCUT2D eigenvalue weighted by Gasteiger charge is 2.21. The van der Waals surface area contributed by atoms with Crippen molar-refractivity contribution >= 4 is 23.5 Å². The number of nitrogens with one attached hydrogen (secondary N) is 1. The molecule has 2 aromatic carbocycles. The molecule has 172 valence electrons. The molecule has 0 unspecified atom stereocenters. The molecule has 0 atom stereocenters. The molecule has 8 heteroatoms. The number of nitrogens with zero attached hydrogens (tertiary/aromatic N) is 1. The lowest BCUT2D eigenvalue weighted by Gasteiger charge is -2.31. The minimum absolute atomic E-state index is 0.0235. The van der Waals surface area contributed by atoms with E-state index in [2.05, 4.69) is 40.5 Å². The first-order chi connectivity index (χ1) is 15.3. The van der Waals surface area contributed by atoms with E-state index in [1.165, 1.54) is 5.56 Å². The van der Waals surface area contributed by atoms with E-state index in [1.807, 2.05) is 25.1 Å². The second-order valence-electron chi connectivity index (χ2n) is 7.77. The molecule has 0 saturated carbocycles. The largest absolute Gasteiger partial charge is 0.495 e. The average molecular weight is 443 g/mol. The number of aliphatic carboxylic acids is 2. The molecule has 1 amide bonds. The average Bonchev–Trinajstić information content (AvgIpc) is 2.76. The summed E-state index contributed by atoms with van der Waals surface area (Å²) >= 11 is 0. The number of carbonyl (C=O) groups is 3. The van der Waals surface area contributed by atoms with Crippen LogP contribution in [0.2, 0.25) is 0 Å². The van der Waals surface area contributed by atoms with E-state index < -0.39 is 11.9 Å². The molecule has 1 heterocycles. The van der Waals surface area contributed by atoms with Crippen molar-refractivity contribution in [3.63, 3.8) is 0 Å². The SMILES string of the molecule is COc1ccc(C)cc1NC(=O)CN1CCC(Cc2ccccc2)CC1.O=C(O)C(=O)O. The fraction of sp³-hybridized carbons (Fsp3) is 0.375. The quantitative estimate of drug-likeness (QED) is 0.589. The van der Waals surface area contributed by atoms with Gasteiger partial charge in [-0.1, -0.05) is 36.4 Å². The Morgan fingerprint density at radius 3 is 2.22 bits per heavy atom. The monoisotopic (exact) mass is 442 g/mol. The molecule has 32 heavy (non-hydrogen) atoms. The number of hydrogen-bond acceptors (Lipinski definition) is 5. The van der Waals surface area contributed by atoms with Crippen molar-refractivity contribution in [2.45, 2.75) is 26.2 Å². The van der Waals surface area contributed by atoms with Crippen molar-refractivity contribution in [2.24, 2.45) is 5.92 Å². The van der Waals surface area contributed by atoms with Crippen molar-refractivity contribution in [2.75, 3.05) is 32.1 Å². The van der Waals surface area contributed by atoms with Crippen LogP contribution < -0.4 is 10.1 Å². The maximum Gasteiger partial charge on any atom is 0.414 e. The standard InChI is InChI=1S/C22H28N2O2.C2H2O4/c1-17-8-9-21(26-2)20(14-17)23-22(25)16-24-12-10-19(11-13-24)15-18-6-4-3-5-7-18;3-1(4)2(5)6/h3-9,14,19H,10-13,15-16H2,1-2H3,(H,23,25);(H,3,4)(H,5,6). The van der Waals surface area contributed by atoms with Gasteiger partial charge in [0.05, 0.1) is 19.3 Å². The van der Waals surface area contributed by atoms with E-state index in [0.717, 1.165) is 43.6 Å². The predicted molar refractivity (Wildman–Crippen MR) is 121 cm³/mol. The number of carboxylic acid groups (broad SMARTS) is 2. The van der Waals surface area contributed by atoms with Crippen LogP contribution in [0.3, 0.4) is 0 Å². The molecular weight excluding hydrogens is 412 g/mol. The highest BCUT2D eigenvalue weighted by atomic mass is 16.5. The summed E-state index contributed by atoms with van der Waals surface area (Å²) in [5, 5.41) is 17.8. The highest BCUT2D eigenvalue weighted by molar-refractivity contribution is 6.27.